The first kappa shape index (κ1) is 16.4. The van der Waals surface area contributed by atoms with Crippen molar-refractivity contribution in [1.82, 2.24) is 9.97 Å². The maximum Gasteiger partial charge on any atom is 0.194 e. The number of nitrogens with two attached hydrogens (primary N) is 1. The molecule has 2 rings (SSSR count). The average molecular weight is 348 g/mol. The molecule has 5 nitrogen and oxygen atoms in total. The summed E-state index contributed by atoms with van der Waals surface area (Å²) < 4.78 is 23.8. The Labute approximate surface area is 133 Å². The molecule has 0 aliphatic rings. The van der Waals surface area contributed by atoms with E-state index in [-0.39, 0.29) is 11.1 Å². The molecule has 0 aliphatic heterocycles. The molecule has 0 radical (unpaired) electrons. The molecule has 1 aromatic carbocycles. The maximum absolute atomic E-state index is 11.9. The van der Waals surface area contributed by atoms with Crippen LogP contribution in [0.5, 0.6) is 0 Å². The lowest BCUT2D eigenvalue weighted by atomic mass is 10.1. The molecule has 0 bridgehead atoms. The summed E-state index contributed by atoms with van der Waals surface area (Å²) in [7, 11) is -3.49. The van der Waals surface area contributed by atoms with Crippen molar-refractivity contribution in [3.8, 4) is 0 Å². The van der Waals surface area contributed by atoms with Crippen LogP contribution in [-0.4, -0.2) is 30.7 Å². The van der Waals surface area contributed by atoms with Crippen molar-refractivity contribution in [2.45, 2.75) is 30.8 Å². The first-order chi connectivity index (χ1) is 9.68. The van der Waals surface area contributed by atoms with Gasteiger partial charge >= 0.3 is 0 Å². The van der Waals surface area contributed by atoms with Gasteiger partial charge < -0.3 is 5.73 Å². The highest BCUT2D eigenvalue weighted by Crippen LogP contribution is 2.27. The highest BCUT2D eigenvalue weighted by molar-refractivity contribution is 7.90. The maximum atomic E-state index is 11.9. The summed E-state index contributed by atoms with van der Waals surface area (Å²) in [4.78, 5) is 8.57. The molecule has 114 valence electrons. The summed E-state index contributed by atoms with van der Waals surface area (Å²) in [5.74, 6) is 0. The second kappa shape index (κ2) is 6.04. The van der Waals surface area contributed by atoms with Gasteiger partial charge in [-0.05, 0) is 31.9 Å². The van der Waals surface area contributed by atoms with Crippen molar-refractivity contribution in [1.29, 1.82) is 0 Å². The van der Waals surface area contributed by atoms with E-state index in [2.05, 4.69) is 9.97 Å². The Hall–Kier alpha value is -0.950. The number of halogens is 2. The van der Waals surface area contributed by atoms with Crippen LogP contribution in [-0.2, 0) is 16.3 Å². The van der Waals surface area contributed by atoms with Gasteiger partial charge in [0.25, 0.3) is 0 Å². The fraction of sp³-hybridized carbons (Fsp3) is 0.385. The quantitative estimate of drug-likeness (QED) is 0.918. The summed E-state index contributed by atoms with van der Waals surface area (Å²) in [6, 6.07) is 3.04. The smallest absolute Gasteiger partial charge is 0.194 e. The number of rotatable bonds is 4. The third-order valence-electron chi connectivity index (χ3n) is 2.93. The third-order valence-corrected chi connectivity index (χ3v) is 4.68. The number of aromatic nitrogens is 2. The van der Waals surface area contributed by atoms with Crippen molar-refractivity contribution >= 4 is 44.1 Å². The Balaban J connectivity index is 2.66. The first-order valence-electron chi connectivity index (χ1n) is 6.30. The Morgan fingerprint density at radius 3 is 2.19 bits per heavy atom. The zero-order chi connectivity index (χ0) is 15.8. The minimum Gasteiger partial charge on any atom is -0.328 e. The fourth-order valence-corrected chi connectivity index (χ4v) is 3.05. The Kier molecular flexibility index (Phi) is 4.72. The molecule has 0 saturated heterocycles. The summed E-state index contributed by atoms with van der Waals surface area (Å²) in [6.45, 7) is 1.85. The van der Waals surface area contributed by atoms with Gasteiger partial charge in [0.2, 0.25) is 0 Å². The molecule has 2 N–H and O–H groups in total. The monoisotopic (exact) mass is 347 g/mol. The second-order valence-corrected chi connectivity index (χ2v) is 7.76. The minimum atomic E-state index is -3.49. The molecule has 0 saturated carbocycles. The number of hydrogen-bond acceptors (Lipinski definition) is 5. The van der Waals surface area contributed by atoms with Crippen LogP contribution in [0.4, 0.5) is 0 Å². The normalized spacial score (nSPS) is 13.6. The molecular weight excluding hydrogens is 333 g/mol. The van der Waals surface area contributed by atoms with Gasteiger partial charge in [0.15, 0.2) is 14.9 Å². The molecule has 0 fully saturated rings. The van der Waals surface area contributed by atoms with E-state index in [4.69, 9.17) is 28.9 Å². The van der Waals surface area contributed by atoms with E-state index in [9.17, 15) is 8.42 Å². The molecule has 8 heteroatoms. The number of hydrogen-bond donors (Lipinski definition) is 1. The standard InChI is InChI=1S/C13H15Cl2N3O2S/c1-7(16)3-4-10-13(21(2,19)20)18-12-6-9(15)8(14)5-11(12)17-10/h5-7H,3-4,16H2,1-2H3. The summed E-state index contributed by atoms with van der Waals surface area (Å²) in [5.41, 5.74) is 7.03. The van der Waals surface area contributed by atoms with E-state index in [0.29, 0.717) is 39.6 Å². The van der Waals surface area contributed by atoms with Crippen LogP contribution in [0.25, 0.3) is 11.0 Å². The van der Waals surface area contributed by atoms with Gasteiger partial charge in [-0.25, -0.2) is 18.4 Å². The predicted octanol–water partition coefficient (Wildman–Crippen LogP) is 2.62. The Morgan fingerprint density at radius 1 is 1.19 bits per heavy atom. The molecule has 21 heavy (non-hydrogen) atoms. The lowest BCUT2D eigenvalue weighted by molar-refractivity contribution is 0.592. The third kappa shape index (κ3) is 3.83. The minimum absolute atomic E-state index is 0.0333. The van der Waals surface area contributed by atoms with E-state index < -0.39 is 9.84 Å². The molecule has 0 spiro atoms. The second-order valence-electron chi connectivity index (χ2n) is 5.02. The molecule has 1 atom stereocenters. The number of benzene rings is 1. The zero-order valence-corrected chi connectivity index (χ0v) is 13.9. The van der Waals surface area contributed by atoms with Crippen molar-refractivity contribution in [2.24, 2.45) is 5.73 Å². The predicted molar refractivity (Wildman–Crippen MR) is 84.6 cm³/mol. The van der Waals surface area contributed by atoms with Crippen molar-refractivity contribution < 1.29 is 8.42 Å². The number of aryl methyl sites for hydroxylation is 1. The molecule has 1 heterocycles. The van der Waals surface area contributed by atoms with E-state index in [1.54, 1.807) is 6.07 Å². The Bertz CT molecular complexity index is 792. The summed E-state index contributed by atoms with van der Waals surface area (Å²) in [5, 5.41) is 0.624. The van der Waals surface area contributed by atoms with E-state index in [1.807, 2.05) is 6.92 Å². The summed E-state index contributed by atoms with van der Waals surface area (Å²) in [6.07, 6.45) is 2.16. The Morgan fingerprint density at radius 2 is 1.71 bits per heavy atom. The van der Waals surface area contributed by atoms with Crippen LogP contribution >= 0.6 is 23.2 Å². The van der Waals surface area contributed by atoms with Crippen molar-refractivity contribution in [2.75, 3.05) is 6.26 Å². The van der Waals surface area contributed by atoms with Crippen LogP contribution in [0.2, 0.25) is 10.0 Å². The van der Waals surface area contributed by atoms with Crippen LogP contribution in [0.1, 0.15) is 19.0 Å². The van der Waals surface area contributed by atoms with Crippen LogP contribution in [0.3, 0.4) is 0 Å². The highest BCUT2D eigenvalue weighted by atomic mass is 35.5. The molecule has 1 aromatic heterocycles. The molecule has 0 aliphatic carbocycles. The molecule has 0 amide bonds. The van der Waals surface area contributed by atoms with Crippen LogP contribution < -0.4 is 5.73 Å². The highest BCUT2D eigenvalue weighted by Gasteiger charge is 2.19. The van der Waals surface area contributed by atoms with E-state index >= 15 is 0 Å². The SMILES string of the molecule is CC(N)CCc1nc2cc(Cl)c(Cl)cc2nc1S(C)(=O)=O. The number of sulfone groups is 1. The lowest BCUT2D eigenvalue weighted by Gasteiger charge is -2.10. The van der Waals surface area contributed by atoms with Gasteiger partial charge in [0.1, 0.15) is 0 Å². The number of fused-ring (bicyclic) bond motifs is 1. The van der Waals surface area contributed by atoms with Gasteiger partial charge in [-0.3, -0.25) is 0 Å². The van der Waals surface area contributed by atoms with Gasteiger partial charge in [-0.1, -0.05) is 23.2 Å². The average Bonchev–Trinajstić information content (AvgIpc) is 2.35. The van der Waals surface area contributed by atoms with Crippen LogP contribution in [0.15, 0.2) is 17.2 Å². The summed E-state index contributed by atoms with van der Waals surface area (Å²) >= 11 is 11.9. The lowest BCUT2D eigenvalue weighted by Crippen LogP contribution is -2.17. The van der Waals surface area contributed by atoms with Gasteiger partial charge in [0, 0.05) is 12.3 Å². The zero-order valence-electron chi connectivity index (χ0n) is 11.6. The van der Waals surface area contributed by atoms with Gasteiger partial charge in [0.05, 0.1) is 26.8 Å². The van der Waals surface area contributed by atoms with Crippen molar-refractivity contribution in [3.63, 3.8) is 0 Å². The topological polar surface area (TPSA) is 85.9 Å². The molecular formula is C13H15Cl2N3O2S. The van der Waals surface area contributed by atoms with Crippen LogP contribution in [0, 0.1) is 0 Å². The first-order valence-corrected chi connectivity index (χ1v) is 8.94. The fourth-order valence-electron chi connectivity index (χ4n) is 1.90. The van der Waals surface area contributed by atoms with E-state index in [0.717, 1.165) is 6.26 Å². The van der Waals surface area contributed by atoms with Gasteiger partial charge in [-0.2, -0.15) is 0 Å². The van der Waals surface area contributed by atoms with E-state index in [1.165, 1.54) is 6.07 Å². The molecule has 1 unspecified atom stereocenters. The largest absolute Gasteiger partial charge is 0.328 e. The number of nitrogens with zero attached hydrogens (tertiary/aromatic N) is 2. The molecule has 2 aromatic rings. The van der Waals surface area contributed by atoms with Crippen molar-refractivity contribution in [3.05, 3.63) is 27.9 Å². The van der Waals surface area contributed by atoms with Gasteiger partial charge in [-0.15, -0.1) is 0 Å².